The molecular formula is C20H19N5O3. The normalized spacial score (nSPS) is 10.7. The maximum Gasteiger partial charge on any atom is 0.229 e. The van der Waals surface area contributed by atoms with Crippen LogP contribution in [0, 0.1) is 0 Å². The summed E-state index contributed by atoms with van der Waals surface area (Å²) in [7, 11) is 4.72. The summed E-state index contributed by atoms with van der Waals surface area (Å²) >= 11 is 0. The first-order valence-electron chi connectivity index (χ1n) is 8.55. The van der Waals surface area contributed by atoms with Gasteiger partial charge in [0.1, 0.15) is 5.65 Å². The van der Waals surface area contributed by atoms with E-state index in [1.807, 2.05) is 29.0 Å². The molecule has 0 aliphatic rings. The largest absolute Gasteiger partial charge is 0.493 e. The highest BCUT2D eigenvalue weighted by Crippen LogP contribution is 2.40. The number of aromatic nitrogens is 4. The summed E-state index contributed by atoms with van der Waals surface area (Å²) < 4.78 is 18.1. The van der Waals surface area contributed by atoms with Gasteiger partial charge in [0.15, 0.2) is 11.5 Å². The van der Waals surface area contributed by atoms with Crippen molar-refractivity contribution in [2.45, 2.75) is 0 Å². The number of nitrogens with zero attached hydrogens (tertiary/aromatic N) is 4. The van der Waals surface area contributed by atoms with E-state index in [0.29, 0.717) is 23.2 Å². The van der Waals surface area contributed by atoms with Crippen molar-refractivity contribution < 1.29 is 14.2 Å². The number of nitrogens with one attached hydrogen (secondary N) is 1. The molecule has 0 radical (unpaired) electrons. The molecule has 0 saturated heterocycles. The molecule has 3 heterocycles. The summed E-state index contributed by atoms with van der Waals surface area (Å²) in [4.78, 5) is 13.1. The van der Waals surface area contributed by atoms with E-state index in [0.717, 1.165) is 22.4 Å². The summed E-state index contributed by atoms with van der Waals surface area (Å²) in [5, 5.41) is 4.14. The van der Waals surface area contributed by atoms with Crippen molar-refractivity contribution in [1.29, 1.82) is 0 Å². The second kappa shape index (κ2) is 7.43. The molecule has 0 saturated carbocycles. The molecule has 1 aromatic carbocycles. The zero-order valence-electron chi connectivity index (χ0n) is 15.7. The molecule has 8 heteroatoms. The molecule has 0 bridgehead atoms. The highest BCUT2D eigenvalue weighted by molar-refractivity contribution is 5.79. The fourth-order valence-corrected chi connectivity index (χ4v) is 2.97. The SMILES string of the molecule is COc1cc(Nc2ncc3ccn(-c4ccncc4)c3n2)cc(OC)c1OC. The van der Waals surface area contributed by atoms with Gasteiger partial charge in [-0.1, -0.05) is 0 Å². The van der Waals surface area contributed by atoms with Crippen molar-refractivity contribution in [2.75, 3.05) is 26.6 Å². The second-order valence-corrected chi connectivity index (χ2v) is 5.90. The molecule has 8 nitrogen and oxygen atoms in total. The number of benzene rings is 1. The van der Waals surface area contributed by atoms with E-state index in [2.05, 4.69) is 20.3 Å². The molecule has 0 amide bonds. The molecule has 4 rings (SSSR count). The maximum atomic E-state index is 5.40. The molecule has 0 unspecified atom stereocenters. The first-order chi connectivity index (χ1) is 13.7. The number of pyridine rings is 1. The predicted molar refractivity (Wildman–Crippen MR) is 106 cm³/mol. The van der Waals surface area contributed by atoms with Gasteiger partial charge < -0.3 is 24.1 Å². The Kier molecular flexibility index (Phi) is 4.67. The lowest BCUT2D eigenvalue weighted by Gasteiger charge is -2.14. The Labute approximate surface area is 161 Å². The maximum absolute atomic E-state index is 5.40. The van der Waals surface area contributed by atoms with Crippen LogP contribution in [-0.4, -0.2) is 40.8 Å². The van der Waals surface area contributed by atoms with Crippen molar-refractivity contribution in [3.63, 3.8) is 0 Å². The molecule has 0 aliphatic heterocycles. The summed E-state index contributed by atoms with van der Waals surface area (Å²) in [6.07, 6.45) is 7.23. The zero-order valence-corrected chi connectivity index (χ0v) is 15.7. The highest BCUT2D eigenvalue weighted by atomic mass is 16.5. The second-order valence-electron chi connectivity index (χ2n) is 5.90. The summed E-state index contributed by atoms with van der Waals surface area (Å²) in [5.41, 5.74) is 2.48. The molecule has 0 spiro atoms. The fraction of sp³-hybridized carbons (Fsp3) is 0.150. The monoisotopic (exact) mass is 377 g/mol. The van der Waals surface area contributed by atoms with Crippen molar-refractivity contribution in [3.8, 4) is 22.9 Å². The van der Waals surface area contributed by atoms with E-state index in [4.69, 9.17) is 14.2 Å². The minimum Gasteiger partial charge on any atom is -0.493 e. The lowest BCUT2D eigenvalue weighted by atomic mass is 10.2. The van der Waals surface area contributed by atoms with Gasteiger partial charge in [0.25, 0.3) is 0 Å². The van der Waals surface area contributed by atoms with E-state index < -0.39 is 0 Å². The summed E-state index contributed by atoms with van der Waals surface area (Å²) in [6.45, 7) is 0. The van der Waals surface area contributed by atoms with Crippen LogP contribution < -0.4 is 19.5 Å². The van der Waals surface area contributed by atoms with Crippen LogP contribution in [0.15, 0.2) is 55.1 Å². The van der Waals surface area contributed by atoms with Crippen LogP contribution in [0.3, 0.4) is 0 Å². The third-order valence-corrected chi connectivity index (χ3v) is 4.29. The number of fused-ring (bicyclic) bond motifs is 1. The highest BCUT2D eigenvalue weighted by Gasteiger charge is 2.14. The van der Waals surface area contributed by atoms with Gasteiger partial charge >= 0.3 is 0 Å². The third kappa shape index (κ3) is 3.16. The van der Waals surface area contributed by atoms with Gasteiger partial charge in [-0.3, -0.25) is 4.98 Å². The molecular weight excluding hydrogens is 358 g/mol. The Morgan fingerprint density at radius 3 is 2.29 bits per heavy atom. The van der Waals surface area contributed by atoms with Gasteiger partial charge in [0, 0.05) is 48.0 Å². The van der Waals surface area contributed by atoms with E-state index >= 15 is 0 Å². The van der Waals surface area contributed by atoms with E-state index in [1.54, 1.807) is 52.1 Å². The smallest absolute Gasteiger partial charge is 0.229 e. The average molecular weight is 377 g/mol. The Morgan fingerprint density at radius 1 is 0.929 bits per heavy atom. The summed E-state index contributed by atoms with van der Waals surface area (Å²) in [5.74, 6) is 2.07. The first kappa shape index (κ1) is 17.6. The fourth-order valence-electron chi connectivity index (χ4n) is 2.97. The number of ether oxygens (including phenoxy) is 3. The third-order valence-electron chi connectivity index (χ3n) is 4.29. The molecule has 3 aromatic heterocycles. The van der Waals surface area contributed by atoms with E-state index in [9.17, 15) is 0 Å². The first-order valence-corrected chi connectivity index (χ1v) is 8.55. The number of rotatable bonds is 6. The lowest BCUT2D eigenvalue weighted by Crippen LogP contribution is -2.01. The number of methoxy groups -OCH3 is 3. The molecule has 142 valence electrons. The van der Waals surface area contributed by atoms with Crippen LogP contribution in [0.1, 0.15) is 0 Å². The van der Waals surface area contributed by atoms with Crippen molar-refractivity contribution in [3.05, 3.63) is 55.1 Å². The van der Waals surface area contributed by atoms with Gasteiger partial charge in [-0.05, 0) is 18.2 Å². The number of hydrogen-bond acceptors (Lipinski definition) is 7. The summed E-state index contributed by atoms with van der Waals surface area (Å²) in [6, 6.07) is 9.42. The zero-order chi connectivity index (χ0) is 19.5. The Morgan fingerprint density at radius 2 is 1.64 bits per heavy atom. The van der Waals surface area contributed by atoms with E-state index in [1.165, 1.54) is 0 Å². The van der Waals surface area contributed by atoms with Crippen molar-refractivity contribution in [2.24, 2.45) is 0 Å². The molecule has 0 atom stereocenters. The molecule has 0 aliphatic carbocycles. The van der Waals surface area contributed by atoms with Gasteiger partial charge in [0.05, 0.1) is 27.0 Å². The lowest BCUT2D eigenvalue weighted by molar-refractivity contribution is 0.324. The van der Waals surface area contributed by atoms with Gasteiger partial charge in [0.2, 0.25) is 11.7 Å². The van der Waals surface area contributed by atoms with Crippen LogP contribution in [0.5, 0.6) is 17.2 Å². The quantitative estimate of drug-likeness (QED) is 0.550. The van der Waals surface area contributed by atoms with Gasteiger partial charge in [-0.25, -0.2) is 4.98 Å². The Bertz CT molecular complexity index is 1090. The van der Waals surface area contributed by atoms with Crippen LogP contribution in [0.25, 0.3) is 16.7 Å². The Balaban J connectivity index is 1.73. The topological polar surface area (TPSA) is 83.3 Å². The predicted octanol–water partition coefficient (Wildman–Crippen LogP) is 3.58. The minimum atomic E-state index is 0.454. The number of anilines is 2. The standard InChI is InChI=1S/C20H19N5O3/c1-26-16-10-14(11-17(27-2)18(16)28-3)23-20-22-12-13-6-9-25(19(13)24-20)15-4-7-21-8-5-15/h4-12H,1-3H3,(H,22,23,24). The Hall–Kier alpha value is -3.81. The van der Waals surface area contributed by atoms with Gasteiger partial charge in [-0.2, -0.15) is 4.98 Å². The molecule has 0 fully saturated rings. The van der Waals surface area contributed by atoms with Crippen LogP contribution in [0.4, 0.5) is 11.6 Å². The van der Waals surface area contributed by atoms with Crippen molar-refractivity contribution >= 4 is 22.7 Å². The minimum absolute atomic E-state index is 0.454. The average Bonchev–Trinajstić information content (AvgIpc) is 3.16. The number of hydrogen-bond donors (Lipinski definition) is 1. The molecule has 4 aromatic rings. The van der Waals surface area contributed by atoms with Gasteiger partial charge in [-0.15, -0.1) is 0 Å². The van der Waals surface area contributed by atoms with Crippen LogP contribution in [0.2, 0.25) is 0 Å². The van der Waals surface area contributed by atoms with Crippen LogP contribution in [-0.2, 0) is 0 Å². The van der Waals surface area contributed by atoms with Crippen molar-refractivity contribution in [1.82, 2.24) is 19.5 Å². The van der Waals surface area contributed by atoms with Crippen LogP contribution >= 0.6 is 0 Å². The van der Waals surface area contributed by atoms with E-state index in [-0.39, 0.29) is 0 Å². The molecule has 1 N–H and O–H groups in total. The molecule has 28 heavy (non-hydrogen) atoms.